The van der Waals surface area contributed by atoms with Gasteiger partial charge in [-0.1, -0.05) is 29.8 Å². The Balaban J connectivity index is 2.08. The van der Waals surface area contributed by atoms with Gasteiger partial charge in [-0.3, -0.25) is 0 Å². The summed E-state index contributed by atoms with van der Waals surface area (Å²) in [7, 11) is 0. The molecule has 0 atom stereocenters. The van der Waals surface area contributed by atoms with E-state index in [9.17, 15) is 4.39 Å². The van der Waals surface area contributed by atoms with Crippen molar-refractivity contribution in [3.8, 4) is 5.75 Å². The van der Waals surface area contributed by atoms with E-state index in [-0.39, 0.29) is 5.82 Å². The van der Waals surface area contributed by atoms with Crippen LogP contribution in [0.2, 0.25) is 5.02 Å². The molecule has 0 aromatic heterocycles. The van der Waals surface area contributed by atoms with Crippen molar-refractivity contribution in [2.24, 2.45) is 0 Å². The number of benzene rings is 2. The molecular formula is C13H9BrClFO. The lowest BCUT2D eigenvalue weighted by molar-refractivity contribution is 0.305. The van der Waals surface area contributed by atoms with E-state index < -0.39 is 0 Å². The fourth-order valence-electron chi connectivity index (χ4n) is 1.34. The van der Waals surface area contributed by atoms with Gasteiger partial charge in [0.25, 0.3) is 0 Å². The van der Waals surface area contributed by atoms with Crippen molar-refractivity contribution in [3.05, 3.63) is 63.3 Å². The molecule has 0 amide bonds. The second-order valence-corrected chi connectivity index (χ2v) is 4.72. The highest BCUT2D eigenvalue weighted by Gasteiger charge is 2.03. The molecule has 2 rings (SSSR count). The lowest BCUT2D eigenvalue weighted by Gasteiger charge is -2.08. The van der Waals surface area contributed by atoms with Gasteiger partial charge in [-0.15, -0.1) is 0 Å². The van der Waals surface area contributed by atoms with E-state index in [1.165, 1.54) is 6.07 Å². The van der Waals surface area contributed by atoms with Gasteiger partial charge >= 0.3 is 0 Å². The Labute approximate surface area is 112 Å². The van der Waals surface area contributed by atoms with Crippen molar-refractivity contribution in [3.63, 3.8) is 0 Å². The van der Waals surface area contributed by atoms with E-state index >= 15 is 0 Å². The average Bonchev–Trinajstić information content (AvgIpc) is 2.32. The van der Waals surface area contributed by atoms with Crippen LogP contribution in [0.5, 0.6) is 5.75 Å². The third-order valence-corrected chi connectivity index (χ3v) is 3.22. The van der Waals surface area contributed by atoms with E-state index in [1.807, 2.05) is 18.2 Å². The molecule has 0 spiro atoms. The van der Waals surface area contributed by atoms with Crippen LogP contribution >= 0.6 is 27.5 Å². The maximum absolute atomic E-state index is 13.0. The van der Waals surface area contributed by atoms with Crippen LogP contribution in [-0.4, -0.2) is 0 Å². The van der Waals surface area contributed by atoms with Gasteiger partial charge in [0.15, 0.2) is 0 Å². The second-order valence-electron chi connectivity index (χ2n) is 3.46. The van der Waals surface area contributed by atoms with Gasteiger partial charge in [0, 0.05) is 10.6 Å². The summed E-state index contributed by atoms with van der Waals surface area (Å²) in [6, 6.07) is 12.0. The molecule has 0 saturated heterocycles. The number of ether oxygens (including phenoxy) is 1. The van der Waals surface area contributed by atoms with Crippen LogP contribution in [0.15, 0.2) is 46.9 Å². The number of hydrogen-bond donors (Lipinski definition) is 0. The lowest BCUT2D eigenvalue weighted by Crippen LogP contribution is -1.96. The van der Waals surface area contributed by atoms with Crippen LogP contribution < -0.4 is 4.74 Å². The molecule has 0 radical (unpaired) electrons. The van der Waals surface area contributed by atoms with Crippen molar-refractivity contribution in [2.75, 3.05) is 0 Å². The molecule has 88 valence electrons. The summed E-state index contributed by atoms with van der Waals surface area (Å²) < 4.78 is 18.9. The quantitative estimate of drug-likeness (QED) is 0.789. The van der Waals surface area contributed by atoms with Gasteiger partial charge in [-0.05, 0) is 40.2 Å². The van der Waals surface area contributed by atoms with Crippen LogP contribution in [0.4, 0.5) is 4.39 Å². The fourth-order valence-corrected chi connectivity index (χ4v) is 1.89. The minimum Gasteiger partial charge on any atom is -0.489 e. The fraction of sp³-hybridized carbons (Fsp3) is 0.0769. The Morgan fingerprint density at radius 3 is 2.65 bits per heavy atom. The molecule has 0 heterocycles. The number of rotatable bonds is 3. The highest BCUT2D eigenvalue weighted by atomic mass is 79.9. The Morgan fingerprint density at radius 2 is 1.94 bits per heavy atom. The normalized spacial score (nSPS) is 10.3. The predicted molar refractivity (Wildman–Crippen MR) is 69.9 cm³/mol. The van der Waals surface area contributed by atoms with Crippen molar-refractivity contribution in [1.29, 1.82) is 0 Å². The lowest BCUT2D eigenvalue weighted by atomic mass is 10.2. The largest absolute Gasteiger partial charge is 0.489 e. The maximum atomic E-state index is 13.0. The third-order valence-electron chi connectivity index (χ3n) is 2.24. The van der Waals surface area contributed by atoms with Gasteiger partial charge in [-0.25, -0.2) is 4.39 Å². The zero-order valence-corrected chi connectivity index (χ0v) is 11.1. The van der Waals surface area contributed by atoms with Crippen molar-refractivity contribution >= 4 is 27.5 Å². The summed E-state index contributed by atoms with van der Waals surface area (Å²) in [6.07, 6.45) is 0. The molecule has 0 aliphatic rings. The van der Waals surface area contributed by atoms with Crippen molar-refractivity contribution < 1.29 is 9.13 Å². The van der Waals surface area contributed by atoms with E-state index in [1.54, 1.807) is 18.2 Å². The monoisotopic (exact) mass is 314 g/mol. The zero-order valence-electron chi connectivity index (χ0n) is 8.79. The zero-order chi connectivity index (χ0) is 12.3. The van der Waals surface area contributed by atoms with Gasteiger partial charge in [0.1, 0.15) is 18.2 Å². The molecule has 0 saturated carbocycles. The summed E-state index contributed by atoms with van der Waals surface area (Å²) >= 11 is 9.10. The predicted octanol–water partition coefficient (Wildman–Crippen LogP) is 4.82. The van der Waals surface area contributed by atoms with Crippen molar-refractivity contribution in [2.45, 2.75) is 6.61 Å². The molecule has 1 nitrogen and oxygen atoms in total. The Bertz CT molecular complexity index is 531. The smallest absolute Gasteiger partial charge is 0.137 e. The SMILES string of the molecule is Fc1ccc(OCc2ccccc2Cl)cc1Br. The summed E-state index contributed by atoms with van der Waals surface area (Å²) in [4.78, 5) is 0. The van der Waals surface area contributed by atoms with Gasteiger partial charge in [0.05, 0.1) is 4.47 Å². The third kappa shape index (κ3) is 3.20. The number of hydrogen-bond acceptors (Lipinski definition) is 1. The molecule has 2 aromatic rings. The van der Waals surface area contributed by atoms with Crippen LogP contribution in [0.3, 0.4) is 0 Å². The first kappa shape index (κ1) is 12.4. The summed E-state index contributed by atoms with van der Waals surface area (Å²) in [5, 5.41) is 0.661. The van der Waals surface area contributed by atoms with Crippen LogP contribution in [-0.2, 0) is 6.61 Å². The summed E-state index contributed by atoms with van der Waals surface area (Å²) in [6.45, 7) is 0.359. The highest BCUT2D eigenvalue weighted by molar-refractivity contribution is 9.10. The minimum absolute atomic E-state index is 0.310. The molecular weight excluding hydrogens is 306 g/mol. The highest BCUT2D eigenvalue weighted by Crippen LogP contribution is 2.23. The Kier molecular flexibility index (Phi) is 4.02. The first-order valence-corrected chi connectivity index (χ1v) is 6.15. The van der Waals surface area contributed by atoms with Gasteiger partial charge < -0.3 is 4.74 Å². The molecule has 0 aliphatic carbocycles. The van der Waals surface area contributed by atoms with E-state index in [0.717, 1.165) is 5.56 Å². The average molecular weight is 316 g/mol. The van der Waals surface area contributed by atoms with Gasteiger partial charge in [-0.2, -0.15) is 0 Å². The molecule has 4 heteroatoms. The molecule has 2 aromatic carbocycles. The van der Waals surface area contributed by atoms with Crippen LogP contribution in [0, 0.1) is 5.82 Å². The summed E-state index contributed by atoms with van der Waals surface area (Å²) in [5.74, 6) is 0.285. The molecule has 17 heavy (non-hydrogen) atoms. The Morgan fingerprint density at radius 1 is 1.18 bits per heavy atom. The molecule has 0 aliphatic heterocycles. The van der Waals surface area contributed by atoms with E-state index in [0.29, 0.717) is 21.9 Å². The minimum atomic E-state index is -0.310. The van der Waals surface area contributed by atoms with Gasteiger partial charge in [0.2, 0.25) is 0 Å². The van der Waals surface area contributed by atoms with Crippen molar-refractivity contribution in [1.82, 2.24) is 0 Å². The summed E-state index contributed by atoms with van der Waals surface area (Å²) in [5.41, 5.74) is 0.898. The van der Waals surface area contributed by atoms with E-state index in [4.69, 9.17) is 16.3 Å². The standard InChI is InChI=1S/C13H9BrClFO/c14-11-7-10(5-6-13(11)16)17-8-9-3-1-2-4-12(9)15/h1-7H,8H2. The molecule has 0 N–H and O–H groups in total. The first-order valence-electron chi connectivity index (χ1n) is 4.98. The topological polar surface area (TPSA) is 9.23 Å². The maximum Gasteiger partial charge on any atom is 0.137 e. The number of halogens is 3. The van der Waals surface area contributed by atoms with E-state index in [2.05, 4.69) is 15.9 Å². The first-order chi connectivity index (χ1) is 8.16. The molecule has 0 unspecified atom stereocenters. The van der Waals surface area contributed by atoms with Crippen LogP contribution in [0.25, 0.3) is 0 Å². The second kappa shape index (κ2) is 5.52. The Hall–Kier alpha value is -1.06. The molecule has 0 fully saturated rings. The molecule has 0 bridgehead atoms. The van der Waals surface area contributed by atoms with Crippen LogP contribution in [0.1, 0.15) is 5.56 Å².